The number of hydrogen-bond acceptors (Lipinski definition) is 4. The maximum Gasteiger partial charge on any atom is 0.191 e. The molecule has 0 aliphatic carbocycles. The van der Waals surface area contributed by atoms with Gasteiger partial charge in [0.1, 0.15) is 0 Å². The van der Waals surface area contributed by atoms with Crippen molar-refractivity contribution in [3.05, 3.63) is 0 Å². The van der Waals surface area contributed by atoms with E-state index in [0.717, 1.165) is 19.0 Å². The van der Waals surface area contributed by atoms with Gasteiger partial charge in [0.05, 0.1) is 0 Å². The number of aliphatic imine (C=N–C) groups is 1. The number of fused-ring (bicyclic) bond motifs is 3. The molecule has 0 aromatic rings. The van der Waals surface area contributed by atoms with Crippen molar-refractivity contribution in [1.82, 2.24) is 25.3 Å². The SMILES string of the molecule is CN=C(NCC1CN2CCN1CC2)NCC(C)(C)N1CCCCC1.I. The molecule has 4 aliphatic heterocycles. The van der Waals surface area contributed by atoms with E-state index in [1.54, 1.807) is 0 Å². The smallest absolute Gasteiger partial charge is 0.191 e. The molecule has 4 rings (SSSR count). The minimum absolute atomic E-state index is 0. The maximum absolute atomic E-state index is 4.43. The Morgan fingerprint density at radius 2 is 1.68 bits per heavy atom. The molecule has 0 aromatic carbocycles. The topological polar surface area (TPSA) is 46.1 Å². The Kier molecular flexibility index (Phi) is 8.23. The molecule has 6 nitrogen and oxygen atoms in total. The summed E-state index contributed by atoms with van der Waals surface area (Å²) < 4.78 is 0. The number of rotatable bonds is 5. The number of guanidine groups is 1. The summed E-state index contributed by atoms with van der Waals surface area (Å²) >= 11 is 0. The molecule has 2 N–H and O–H groups in total. The zero-order valence-corrected chi connectivity index (χ0v) is 18.6. The van der Waals surface area contributed by atoms with E-state index in [1.807, 2.05) is 7.05 Å². The van der Waals surface area contributed by atoms with Crippen LogP contribution < -0.4 is 10.6 Å². The molecule has 0 amide bonds. The highest BCUT2D eigenvalue weighted by Gasteiger charge is 2.32. The van der Waals surface area contributed by atoms with Crippen molar-refractivity contribution in [2.24, 2.45) is 4.99 Å². The lowest BCUT2D eigenvalue weighted by Gasteiger charge is -2.47. The van der Waals surface area contributed by atoms with Gasteiger partial charge in [0.25, 0.3) is 0 Å². The zero-order chi connectivity index (χ0) is 17.0. The van der Waals surface area contributed by atoms with Crippen LogP contribution in [0.2, 0.25) is 0 Å². The van der Waals surface area contributed by atoms with E-state index in [4.69, 9.17) is 0 Å². The highest BCUT2D eigenvalue weighted by molar-refractivity contribution is 14.0. The van der Waals surface area contributed by atoms with Gasteiger partial charge in [-0.1, -0.05) is 6.42 Å². The van der Waals surface area contributed by atoms with Crippen molar-refractivity contribution in [3.8, 4) is 0 Å². The van der Waals surface area contributed by atoms with Crippen molar-refractivity contribution in [2.45, 2.75) is 44.7 Å². The fourth-order valence-corrected chi connectivity index (χ4v) is 4.26. The van der Waals surface area contributed by atoms with Gasteiger partial charge in [-0.3, -0.25) is 19.7 Å². The molecule has 0 aromatic heterocycles. The fraction of sp³-hybridized carbons (Fsp3) is 0.944. The van der Waals surface area contributed by atoms with Crippen LogP contribution in [0, 0.1) is 0 Å². The van der Waals surface area contributed by atoms with Crippen molar-refractivity contribution in [3.63, 3.8) is 0 Å². The van der Waals surface area contributed by atoms with Crippen LogP contribution in [0.3, 0.4) is 0 Å². The predicted octanol–water partition coefficient (Wildman–Crippen LogP) is 1.03. The minimum atomic E-state index is 0. The Hall–Kier alpha value is -0.120. The third-order valence-electron chi connectivity index (χ3n) is 6.02. The fourth-order valence-electron chi connectivity index (χ4n) is 4.26. The summed E-state index contributed by atoms with van der Waals surface area (Å²) in [5.74, 6) is 0.942. The van der Waals surface area contributed by atoms with E-state index in [-0.39, 0.29) is 29.5 Å². The quantitative estimate of drug-likeness (QED) is 0.362. The third kappa shape index (κ3) is 5.68. The minimum Gasteiger partial charge on any atom is -0.355 e. The van der Waals surface area contributed by atoms with Gasteiger partial charge in [-0.15, -0.1) is 24.0 Å². The summed E-state index contributed by atoms with van der Waals surface area (Å²) in [5, 5.41) is 7.11. The summed E-state index contributed by atoms with van der Waals surface area (Å²) in [6.45, 7) is 15.2. The molecule has 146 valence electrons. The van der Waals surface area contributed by atoms with Gasteiger partial charge in [0.15, 0.2) is 5.96 Å². The van der Waals surface area contributed by atoms with Gasteiger partial charge in [-0.05, 0) is 39.8 Å². The Morgan fingerprint density at radius 3 is 2.24 bits per heavy atom. The summed E-state index contributed by atoms with van der Waals surface area (Å²) in [6.07, 6.45) is 4.06. The highest BCUT2D eigenvalue weighted by atomic mass is 127. The van der Waals surface area contributed by atoms with Crippen molar-refractivity contribution >= 4 is 29.9 Å². The largest absolute Gasteiger partial charge is 0.355 e. The lowest BCUT2D eigenvalue weighted by Crippen LogP contribution is -2.64. The number of nitrogens with one attached hydrogen (secondary N) is 2. The maximum atomic E-state index is 4.43. The third-order valence-corrected chi connectivity index (χ3v) is 6.02. The van der Waals surface area contributed by atoms with Crippen molar-refractivity contribution in [2.75, 3.05) is 66.0 Å². The van der Waals surface area contributed by atoms with E-state index in [1.165, 1.54) is 65.1 Å². The van der Waals surface area contributed by atoms with E-state index in [9.17, 15) is 0 Å². The molecule has 7 heteroatoms. The van der Waals surface area contributed by atoms with Gasteiger partial charge in [0.2, 0.25) is 0 Å². The molecule has 4 fully saturated rings. The number of nitrogens with zero attached hydrogens (tertiary/aromatic N) is 4. The lowest BCUT2D eigenvalue weighted by atomic mass is 9.98. The molecule has 0 radical (unpaired) electrons. The standard InChI is InChI=1S/C18H36N6.HI/c1-18(2,24-7-5-4-6-8-24)15-21-17(19-3)20-13-16-14-22-9-11-23(16)12-10-22;/h16H,4-15H2,1-3H3,(H2,19,20,21);1H. The second kappa shape index (κ2) is 9.71. The first-order chi connectivity index (χ1) is 11.6. The molecular formula is C18H37IN6. The second-order valence-electron chi connectivity index (χ2n) is 8.16. The van der Waals surface area contributed by atoms with Gasteiger partial charge in [0, 0.05) is 64.4 Å². The lowest BCUT2D eigenvalue weighted by molar-refractivity contribution is 0.0154. The van der Waals surface area contributed by atoms with Crippen LogP contribution in [-0.2, 0) is 0 Å². The van der Waals surface area contributed by atoms with Gasteiger partial charge < -0.3 is 10.6 Å². The van der Waals surface area contributed by atoms with Gasteiger partial charge in [-0.2, -0.15) is 0 Å². The first kappa shape index (κ1) is 21.2. The van der Waals surface area contributed by atoms with Crippen LogP contribution in [0.1, 0.15) is 33.1 Å². The molecule has 2 bridgehead atoms. The molecular weight excluding hydrogens is 427 g/mol. The monoisotopic (exact) mass is 464 g/mol. The molecule has 1 atom stereocenters. The van der Waals surface area contributed by atoms with E-state index in [2.05, 4.69) is 44.2 Å². The van der Waals surface area contributed by atoms with Crippen molar-refractivity contribution in [1.29, 1.82) is 0 Å². The van der Waals surface area contributed by atoms with E-state index >= 15 is 0 Å². The first-order valence-corrected chi connectivity index (χ1v) is 9.74. The van der Waals surface area contributed by atoms with E-state index in [0.29, 0.717) is 6.04 Å². The average Bonchev–Trinajstić information content (AvgIpc) is 2.63. The Morgan fingerprint density at radius 1 is 1.00 bits per heavy atom. The Balaban J connectivity index is 0.00000225. The molecule has 4 saturated heterocycles. The molecule has 4 heterocycles. The number of piperidine rings is 1. The van der Waals surface area contributed by atoms with Gasteiger partial charge in [-0.25, -0.2) is 0 Å². The molecule has 25 heavy (non-hydrogen) atoms. The molecule has 0 spiro atoms. The molecule has 0 saturated carbocycles. The number of hydrogen-bond donors (Lipinski definition) is 2. The van der Waals surface area contributed by atoms with Crippen LogP contribution in [0.25, 0.3) is 0 Å². The average molecular weight is 464 g/mol. The Bertz CT molecular complexity index is 427. The Labute approximate surface area is 170 Å². The summed E-state index contributed by atoms with van der Waals surface area (Å²) in [6, 6.07) is 0.626. The second-order valence-corrected chi connectivity index (χ2v) is 8.16. The van der Waals surface area contributed by atoms with Crippen LogP contribution in [0.5, 0.6) is 0 Å². The highest BCUT2D eigenvalue weighted by Crippen LogP contribution is 2.19. The van der Waals surface area contributed by atoms with Crippen LogP contribution in [-0.4, -0.2) is 98.2 Å². The van der Waals surface area contributed by atoms with E-state index < -0.39 is 0 Å². The van der Waals surface area contributed by atoms with Crippen LogP contribution in [0.4, 0.5) is 0 Å². The number of piperazine rings is 3. The summed E-state index contributed by atoms with van der Waals surface area (Å²) in [4.78, 5) is 12.3. The summed E-state index contributed by atoms with van der Waals surface area (Å²) in [5.41, 5.74) is 0.178. The van der Waals surface area contributed by atoms with Crippen LogP contribution >= 0.6 is 24.0 Å². The predicted molar refractivity (Wildman–Crippen MR) is 116 cm³/mol. The van der Waals surface area contributed by atoms with Gasteiger partial charge >= 0.3 is 0 Å². The number of likely N-dealkylation sites (tertiary alicyclic amines) is 1. The molecule has 4 aliphatic rings. The first-order valence-electron chi connectivity index (χ1n) is 9.74. The number of halogens is 1. The zero-order valence-electron chi connectivity index (χ0n) is 16.3. The normalized spacial score (nSPS) is 30.7. The van der Waals surface area contributed by atoms with Crippen molar-refractivity contribution < 1.29 is 0 Å². The molecule has 1 unspecified atom stereocenters. The van der Waals surface area contributed by atoms with Crippen LogP contribution in [0.15, 0.2) is 4.99 Å². The summed E-state index contributed by atoms with van der Waals surface area (Å²) in [7, 11) is 1.88.